The van der Waals surface area contributed by atoms with Crippen molar-refractivity contribution < 1.29 is 9.18 Å². The SMILES string of the molecule is CC.O=C1CC2(CCCC(Nc3nc(-c4cn(SI)c5ncc(Cl)cc45)ncc3F)C2)CN1. The van der Waals surface area contributed by atoms with Gasteiger partial charge in [-0.05, 0) is 30.7 Å². The van der Waals surface area contributed by atoms with Gasteiger partial charge in [-0.15, -0.1) is 0 Å². The molecule has 7 nitrogen and oxygen atoms in total. The van der Waals surface area contributed by atoms with Crippen LogP contribution >= 0.6 is 41.9 Å². The Morgan fingerprint density at radius 1 is 1.36 bits per heavy atom. The minimum absolute atomic E-state index is 0.0350. The molecule has 1 aliphatic carbocycles. The van der Waals surface area contributed by atoms with Crippen LogP contribution in [-0.4, -0.2) is 37.4 Å². The Labute approximate surface area is 213 Å². The first kappa shape index (κ1) is 24.5. The summed E-state index contributed by atoms with van der Waals surface area (Å²) < 4.78 is 16.5. The number of amides is 1. The van der Waals surface area contributed by atoms with Gasteiger partial charge in [0.15, 0.2) is 23.1 Å². The second kappa shape index (κ2) is 10.3. The molecule has 33 heavy (non-hydrogen) atoms. The van der Waals surface area contributed by atoms with E-state index in [1.165, 1.54) is 15.3 Å². The number of nitrogens with zero attached hydrogens (tertiary/aromatic N) is 4. The lowest BCUT2D eigenvalue weighted by Gasteiger charge is -2.37. The van der Waals surface area contributed by atoms with E-state index < -0.39 is 5.82 Å². The third-order valence-electron chi connectivity index (χ3n) is 6.11. The molecule has 2 N–H and O–H groups in total. The third-order valence-corrected chi connectivity index (χ3v) is 8.02. The molecule has 1 spiro atoms. The quantitative estimate of drug-likeness (QED) is 0.356. The third kappa shape index (κ3) is 5.07. The first-order chi connectivity index (χ1) is 16.0. The van der Waals surface area contributed by atoms with E-state index in [1.807, 2.05) is 30.1 Å². The molecule has 3 aromatic rings. The zero-order valence-corrected chi connectivity index (χ0v) is 22.1. The van der Waals surface area contributed by atoms with Gasteiger partial charge in [0.2, 0.25) is 5.91 Å². The summed E-state index contributed by atoms with van der Waals surface area (Å²) in [6, 6.07) is 1.87. The molecule has 1 amide bonds. The van der Waals surface area contributed by atoms with Crippen LogP contribution in [0.3, 0.4) is 0 Å². The lowest BCUT2D eigenvalue weighted by molar-refractivity contribution is -0.119. The molecular formula is C22H25ClFIN6OS. The maximum absolute atomic E-state index is 14.6. The maximum atomic E-state index is 14.6. The van der Waals surface area contributed by atoms with Crippen LogP contribution in [-0.2, 0) is 4.79 Å². The van der Waals surface area contributed by atoms with Crippen molar-refractivity contribution in [2.45, 2.75) is 52.0 Å². The molecule has 1 saturated carbocycles. The summed E-state index contributed by atoms with van der Waals surface area (Å²) in [6.07, 6.45) is 8.96. The highest BCUT2D eigenvalue weighted by atomic mass is 127. The largest absolute Gasteiger partial charge is 0.365 e. The smallest absolute Gasteiger partial charge is 0.220 e. The average molecular weight is 603 g/mol. The van der Waals surface area contributed by atoms with Gasteiger partial charge >= 0.3 is 0 Å². The van der Waals surface area contributed by atoms with E-state index in [0.29, 0.717) is 23.8 Å². The number of hydrogen-bond acceptors (Lipinski definition) is 6. The lowest BCUT2D eigenvalue weighted by Crippen LogP contribution is -2.37. The summed E-state index contributed by atoms with van der Waals surface area (Å²) in [5, 5.41) is 7.55. The van der Waals surface area contributed by atoms with Crippen molar-refractivity contribution in [3.05, 3.63) is 35.5 Å². The molecule has 3 aromatic heterocycles. The Morgan fingerprint density at radius 3 is 2.91 bits per heavy atom. The van der Waals surface area contributed by atoms with Crippen LogP contribution in [0.1, 0.15) is 46.0 Å². The first-order valence-corrected chi connectivity index (χ1v) is 14.7. The predicted molar refractivity (Wildman–Crippen MR) is 140 cm³/mol. The molecule has 2 fully saturated rings. The monoisotopic (exact) mass is 602 g/mol. The maximum Gasteiger partial charge on any atom is 0.220 e. The Morgan fingerprint density at radius 2 is 2.18 bits per heavy atom. The van der Waals surface area contributed by atoms with Crippen molar-refractivity contribution in [1.29, 1.82) is 0 Å². The van der Waals surface area contributed by atoms with Crippen LogP contribution in [0.5, 0.6) is 0 Å². The number of anilines is 1. The molecular weight excluding hydrogens is 578 g/mol. The molecule has 11 heteroatoms. The fourth-order valence-corrected chi connectivity index (χ4v) is 6.14. The molecule has 4 heterocycles. The van der Waals surface area contributed by atoms with Gasteiger partial charge in [-0.25, -0.2) is 19.3 Å². The molecule has 5 rings (SSSR count). The highest BCUT2D eigenvalue weighted by Crippen LogP contribution is 2.42. The highest BCUT2D eigenvalue weighted by Gasteiger charge is 2.42. The van der Waals surface area contributed by atoms with Crippen molar-refractivity contribution in [2.24, 2.45) is 5.41 Å². The van der Waals surface area contributed by atoms with Gasteiger partial charge in [-0.1, -0.05) is 31.9 Å². The van der Waals surface area contributed by atoms with Crippen molar-refractivity contribution in [3.63, 3.8) is 0 Å². The number of nitrogens with one attached hydrogen (secondary N) is 2. The van der Waals surface area contributed by atoms with Gasteiger partial charge < -0.3 is 10.6 Å². The van der Waals surface area contributed by atoms with E-state index in [1.54, 1.807) is 6.20 Å². The standard InChI is InChI=1S/C20H19ClFIN6OS.C2H6/c21-11-4-13-14(9-29(31-23)19(13)25-7-11)17-24-8-15(22)18(28-17)27-12-2-1-3-20(5-12)6-16(30)26-10-20;1-2/h4,7-9,12H,1-3,5-6,10H2,(H,26,30)(H,24,27,28);1-2H3. The van der Waals surface area contributed by atoms with Crippen molar-refractivity contribution in [3.8, 4) is 11.4 Å². The fourth-order valence-electron chi connectivity index (χ4n) is 4.72. The lowest BCUT2D eigenvalue weighted by atomic mass is 9.71. The number of carbonyl (C=O) groups excluding carboxylic acids is 1. The Bertz CT molecular complexity index is 1180. The van der Waals surface area contributed by atoms with Gasteiger partial charge in [0.25, 0.3) is 0 Å². The van der Waals surface area contributed by atoms with E-state index in [-0.39, 0.29) is 23.2 Å². The highest BCUT2D eigenvalue weighted by molar-refractivity contribution is 14.2. The number of fused-ring (bicyclic) bond motifs is 1. The van der Waals surface area contributed by atoms with Crippen molar-refractivity contribution >= 4 is 64.7 Å². The predicted octanol–water partition coefficient (Wildman–Crippen LogP) is 6.02. The molecule has 0 bridgehead atoms. The number of pyridine rings is 1. The number of aromatic nitrogens is 4. The second-order valence-corrected chi connectivity index (χ2v) is 10.4. The molecule has 2 unspecified atom stereocenters. The number of carbonyl (C=O) groups is 1. The summed E-state index contributed by atoms with van der Waals surface area (Å²) in [4.78, 5) is 24.9. The average Bonchev–Trinajstić information content (AvgIpc) is 3.36. The van der Waals surface area contributed by atoms with Gasteiger partial charge in [0.1, 0.15) is 0 Å². The first-order valence-electron chi connectivity index (χ1n) is 11.0. The molecule has 176 valence electrons. The summed E-state index contributed by atoms with van der Waals surface area (Å²) >= 11 is 8.34. The second-order valence-electron chi connectivity index (χ2n) is 8.24. The summed E-state index contributed by atoms with van der Waals surface area (Å²) in [5.74, 6) is 0.202. The molecule has 1 saturated heterocycles. The van der Waals surface area contributed by atoms with Gasteiger partial charge in [0.05, 0.1) is 11.2 Å². The fraction of sp³-hybridized carbons (Fsp3) is 0.455. The molecule has 0 aromatic carbocycles. The van der Waals surface area contributed by atoms with Crippen LogP contribution in [0.15, 0.2) is 24.7 Å². The van der Waals surface area contributed by atoms with E-state index in [0.717, 1.165) is 42.3 Å². The molecule has 2 atom stereocenters. The minimum atomic E-state index is -0.493. The van der Waals surface area contributed by atoms with Gasteiger partial charge in [0, 0.05) is 72.7 Å². The van der Waals surface area contributed by atoms with E-state index >= 15 is 0 Å². The van der Waals surface area contributed by atoms with Crippen molar-refractivity contribution in [1.82, 2.24) is 24.2 Å². The topological polar surface area (TPSA) is 84.7 Å². The minimum Gasteiger partial charge on any atom is -0.365 e. The summed E-state index contributed by atoms with van der Waals surface area (Å²) in [5.41, 5.74) is 1.45. The number of halogens is 3. The van der Waals surface area contributed by atoms with Crippen LogP contribution in [0, 0.1) is 11.2 Å². The normalized spacial score (nSPS) is 22.2. The Kier molecular flexibility index (Phi) is 7.64. The Hall–Kier alpha value is -1.66. The van der Waals surface area contributed by atoms with Crippen LogP contribution in [0.2, 0.25) is 5.02 Å². The van der Waals surface area contributed by atoms with E-state index in [9.17, 15) is 9.18 Å². The Balaban J connectivity index is 0.00000126. The van der Waals surface area contributed by atoms with Crippen LogP contribution in [0.25, 0.3) is 22.4 Å². The van der Waals surface area contributed by atoms with Crippen molar-refractivity contribution in [2.75, 3.05) is 11.9 Å². The van der Waals surface area contributed by atoms with Crippen LogP contribution < -0.4 is 10.6 Å². The van der Waals surface area contributed by atoms with E-state index in [4.69, 9.17) is 11.6 Å². The number of rotatable bonds is 4. The summed E-state index contributed by atoms with van der Waals surface area (Å²) in [6.45, 7) is 4.70. The molecule has 2 aliphatic rings. The zero-order chi connectivity index (χ0) is 23.6. The van der Waals surface area contributed by atoms with Gasteiger partial charge in [-0.2, -0.15) is 0 Å². The zero-order valence-electron chi connectivity index (χ0n) is 18.4. The van der Waals surface area contributed by atoms with E-state index in [2.05, 4.69) is 46.8 Å². The van der Waals surface area contributed by atoms with Gasteiger partial charge in [-0.3, -0.25) is 8.77 Å². The molecule has 0 radical (unpaired) electrons. The summed E-state index contributed by atoms with van der Waals surface area (Å²) in [7, 11) is 1.47. The van der Waals surface area contributed by atoms with Crippen LogP contribution in [0.4, 0.5) is 10.2 Å². The number of hydrogen-bond donors (Lipinski definition) is 2. The molecule has 1 aliphatic heterocycles.